The van der Waals surface area contributed by atoms with Crippen molar-refractivity contribution < 1.29 is 29.3 Å². The van der Waals surface area contributed by atoms with E-state index in [0.29, 0.717) is 6.42 Å². The number of phenolic OH excluding ortho intramolecular Hbond substituents is 2. The van der Waals surface area contributed by atoms with Crippen LogP contribution in [0.15, 0.2) is 42.5 Å². The van der Waals surface area contributed by atoms with Gasteiger partial charge in [0.2, 0.25) is 5.75 Å². The van der Waals surface area contributed by atoms with E-state index in [1.807, 2.05) is 37.3 Å². The van der Waals surface area contributed by atoms with E-state index in [1.165, 1.54) is 13.2 Å². The van der Waals surface area contributed by atoms with Crippen LogP contribution in [0.2, 0.25) is 0 Å². The maximum absolute atomic E-state index is 12.6. The molecule has 142 valence electrons. The molecule has 0 unspecified atom stereocenters. The Hall–Kier alpha value is -3.28. The van der Waals surface area contributed by atoms with Gasteiger partial charge < -0.3 is 19.7 Å². The van der Waals surface area contributed by atoms with E-state index in [0.717, 1.165) is 11.6 Å². The Morgan fingerprint density at radius 1 is 1.19 bits per heavy atom. The van der Waals surface area contributed by atoms with Crippen molar-refractivity contribution in [3.8, 4) is 23.0 Å². The summed E-state index contributed by atoms with van der Waals surface area (Å²) in [6.07, 6.45) is 3.38. The van der Waals surface area contributed by atoms with E-state index in [4.69, 9.17) is 9.47 Å². The van der Waals surface area contributed by atoms with Crippen molar-refractivity contribution in [3.63, 3.8) is 0 Å². The van der Waals surface area contributed by atoms with Crippen LogP contribution in [0.25, 0.3) is 6.08 Å². The van der Waals surface area contributed by atoms with Gasteiger partial charge in [-0.3, -0.25) is 9.59 Å². The molecular weight excluding hydrogens is 348 g/mol. The van der Waals surface area contributed by atoms with Crippen LogP contribution in [0.1, 0.15) is 36.2 Å². The predicted octanol–water partition coefficient (Wildman–Crippen LogP) is 3.95. The van der Waals surface area contributed by atoms with Gasteiger partial charge in [-0.05, 0) is 18.1 Å². The number of carbonyl (C=O) groups excluding carboxylic acids is 2. The van der Waals surface area contributed by atoms with Crippen molar-refractivity contribution in [1.29, 1.82) is 0 Å². The number of hydrogen-bond acceptors (Lipinski definition) is 6. The minimum absolute atomic E-state index is 0.0314. The minimum Gasteiger partial charge on any atom is -0.504 e. The Labute approximate surface area is 157 Å². The lowest BCUT2D eigenvalue weighted by molar-refractivity contribution is -0.138. The van der Waals surface area contributed by atoms with Gasteiger partial charge in [0.15, 0.2) is 17.3 Å². The summed E-state index contributed by atoms with van der Waals surface area (Å²) >= 11 is 0. The maximum Gasteiger partial charge on any atom is 0.314 e. The topological polar surface area (TPSA) is 93.1 Å². The number of ether oxygens (including phenoxy) is 2. The molecule has 6 nitrogen and oxygen atoms in total. The third-order valence-corrected chi connectivity index (χ3v) is 4.11. The molecule has 0 spiro atoms. The highest BCUT2D eigenvalue weighted by atomic mass is 16.5. The number of allylic oxidation sites excluding steroid dienone is 1. The molecule has 2 rings (SSSR count). The highest BCUT2D eigenvalue weighted by Gasteiger charge is 2.26. The zero-order chi connectivity index (χ0) is 20.0. The van der Waals surface area contributed by atoms with Gasteiger partial charge in [-0.25, -0.2) is 0 Å². The molecule has 0 fully saturated rings. The monoisotopic (exact) mass is 370 g/mol. The van der Waals surface area contributed by atoms with E-state index >= 15 is 0 Å². The van der Waals surface area contributed by atoms with Gasteiger partial charge in [-0.15, -0.1) is 0 Å². The van der Waals surface area contributed by atoms with Gasteiger partial charge in [0, 0.05) is 6.07 Å². The second kappa shape index (κ2) is 8.89. The fourth-order valence-corrected chi connectivity index (χ4v) is 2.30. The van der Waals surface area contributed by atoms with E-state index in [-0.39, 0.29) is 11.3 Å². The number of hydrogen-bond donors (Lipinski definition) is 2. The normalized spacial score (nSPS) is 12.0. The second-order valence-electron chi connectivity index (χ2n) is 5.99. The van der Waals surface area contributed by atoms with E-state index < -0.39 is 34.9 Å². The maximum atomic E-state index is 12.6. The molecule has 6 heteroatoms. The number of phenols is 2. The summed E-state index contributed by atoms with van der Waals surface area (Å²) < 4.78 is 10.2. The van der Waals surface area contributed by atoms with Crippen LogP contribution in [-0.4, -0.2) is 29.1 Å². The van der Waals surface area contributed by atoms with Crippen molar-refractivity contribution in [2.45, 2.75) is 20.3 Å². The Bertz CT molecular complexity index is 855. The number of esters is 1. The average Bonchev–Trinajstić information content (AvgIpc) is 2.68. The molecule has 2 aromatic rings. The van der Waals surface area contributed by atoms with E-state index in [1.54, 1.807) is 13.0 Å². The van der Waals surface area contributed by atoms with Gasteiger partial charge >= 0.3 is 5.97 Å². The van der Waals surface area contributed by atoms with Gasteiger partial charge in [0.05, 0.1) is 13.0 Å². The Balaban J connectivity index is 2.42. The number of carbonyl (C=O) groups is 2. The molecule has 0 saturated heterocycles. The van der Waals surface area contributed by atoms with Crippen LogP contribution >= 0.6 is 0 Å². The molecule has 0 amide bonds. The van der Waals surface area contributed by atoms with Crippen molar-refractivity contribution in [3.05, 3.63) is 53.6 Å². The molecule has 2 N–H and O–H groups in total. The molecule has 1 atom stereocenters. The van der Waals surface area contributed by atoms with Crippen LogP contribution in [0.4, 0.5) is 0 Å². The summed E-state index contributed by atoms with van der Waals surface area (Å²) in [6, 6.07) is 10.3. The van der Waals surface area contributed by atoms with Gasteiger partial charge in [-0.1, -0.05) is 50.3 Å². The molecule has 0 bridgehead atoms. The van der Waals surface area contributed by atoms with Crippen LogP contribution in [0.3, 0.4) is 0 Å². The Kier molecular flexibility index (Phi) is 6.60. The Morgan fingerprint density at radius 3 is 2.44 bits per heavy atom. The Morgan fingerprint density at radius 2 is 1.85 bits per heavy atom. The van der Waals surface area contributed by atoms with Crippen molar-refractivity contribution >= 4 is 17.8 Å². The number of methoxy groups -OCH3 is 1. The summed E-state index contributed by atoms with van der Waals surface area (Å²) in [5, 5.41) is 20.6. The smallest absolute Gasteiger partial charge is 0.314 e. The minimum atomic E-state index is -0.647. The van der Waals surface area contributed by atoms with Gasteiger partial charge in [0.1, 0.15) is 11.3 Å². The first-order valence-electron chi connectivity index (χ1n) is 8.51. The van der Waals surface area contributed by atoms with Crippen LogP contribution in [0.5, 0.6) is 23.0 Å². The van der Waals surface area contributed by atoms with Crippen LogP contribution in [0, 0.1) is 5.92 Å². The fourth-order valence-electron chi connectivity index (χ4n) is 2.30. The first-order chi connectivity index (χ1) is 12.9. The molecule has 0 aromatic heterocycles. The molecule has 27 heavy (non-hydrogen) atoms. The number of ketones is 1. The first-order valence-corrected chi connectivity index (χ1v) is 8.51. The van der Waals surface area contributed by atoms with Crippen LogP contribution in [-0.2, 0) is 4.79 Å². The molecule has 0 aliphatic heterocycles. The zero-order valence-electron chi connectivity index (χ0n) is 15.4. The van der Waals surface area contributed by atoms with E-state index in [2.05, 4.69) is 0 Å². The lowest BCUT2D eigenvalue weighted by Gasteiger charge is -2.15. The summed E-state index contributed by atoms with van der Waals surface area (Å²) in [7, 11) is 1.30. The molecule has 0 radical (unpaired) electrons. The molecule has 2 aromatic carbocycles. The number of benzene rings is 2. The number of aromatic hydroxyl groups is 2. The average molecular weight is 370 g/mol. The lowest BCUT2D eigenvalue weighted by Crippen LogP contribution is -2.17. The lowest BCUT2D eigenvalue weighted by atomic mass is 10.0. The quantitative estimate of drug-likeness (QED) is 0.332. The summed E-state index contributed by atoms with van der Waals surface area (Å²) in [4.78, 5) is 24.6. The van der Waals surface area contributed by atoms with Gasteiger partial charge in [-0.2, -0.15) is 0 Å². The fraction of sp³-hybridized carbons (Fsp3) is 0.238. The largest absolute Gasteiger partial charge is 0.504 e. The standard InChI is InChI=1S/C21H22O6/c1-4-13(2)21(25)27-20-16(23)12-17(26-3)18(19(20)24)15(22)11-10-14-8-6-5-7-9-14/h5-13,23-24H,4H2,1-3H3/b11-10+/t13-/m0/s1. The number of rotatable bonds is 7. The van der Waals surface area contributed by atoms with E-state index in [9.17, 15) is 19.8 Å². The third-order valence-electron chi connectivity index (χ3n) is 4.11. The van der Waals surface area contributed by atoms with Crippen molar-refractivity contribution in [2.75, 3.05) is 7.11 Å². The summed E-state index contributed by atoms with van der Waals surface area (Å²) in [5.41, 5.74) is 0.598. The third kappa shape index (κ3) is 4.67. The summed E-state index contributed by atoms with van der Waals surface area (Å²) in [6.45, 7) is 3.47. The second-order valence-corrected chi connectivity index (χ2v) is 5.99. The SMILES string of the molecule is CC[C@H](C)C(=O)Oc1c(O)cc(OC)c(C(=O)/C=C/c2ccccc2)c1O. The zero-order valence-corrected chi connectivity index (χ0v) is 15.4. The van der Waals surface area contributed by atoms with Crippen molar-refractivity contribution in [2.24, 2.45) is 5.92 Å². The molecule has 0 heterocycles. The first kappa shape index (κ1) is 20.0. The molecule has 0 saturated carbocycles. The molecule has 0 aliphatic rings. The van der Waals surface area contributed by atoms with Gasteiger partial charge in [0.25, 0.3) is 0 Å². The van der Waals surface area contributed by atoms with Crippen molar-refractivity contribution in [1.82, 2.24) is 0 Å². The molecular formula is C21H22O6. The highest BCUT2D eigenvalue weighted by Crippen LogP contribution is 2.44. The summed E-state index contributed by atoms with van der Waals surface area (Å²) in [5.74, 6) is -3.24. The molecule has 0 aliphatic carbocycles. The highest BCUT2D eigenvalue weighted by molar-refractivity contribution is 6.11. The predicted molar refractivity (Wildman–Crippen MR) is 101 cm³/mol. The van der Waals surface area contributed by atoms with Crippen LogP contribution < -0.4 is 9.47 Å².